The zero-order valence-electron chi connectivity index (χ0n) is 23.3. The number of nitrogen functional groups attached to an aromatic ring is 1. The van der Waals surface area contributed by atoms with Crippen molar-refractivity contribution in [2.45, 2.75) is 26.3 Å². The van der Waals surface area contributed by atoms with Crippen molar-refractivity contribution in [2.24, 2.45) is 5.10 Å². The molecule has 0 spiro atoms. The Morgan fingerprint density at radius 1 is 1.17 bits per heavy atom. The Hall–Kier alpha value is -5.76. The Morgan fingerprint density at radius 2 is 1.93 bits per heavy atom. The van der Waals surface area contributed by atoms with Gasteiger partial charge in [-0.05, 0) is 50.3 Å². The molecule has 2 aromatic heterocycles. The van der Waals surface area contributed by atoms with Crippen LogP contribution in [0.25, 0.3) is 22.7 Å². The number of hydrogen-bond acceptors (Lipinski definition) is 7. The monoisotopic (exact) mass is 562 g/mol. The van der Waals surface area contributed by atoms with Gasteiger partial charge in [-0.2, -0.15) is 5.10 Å². The molecule has 4 rings (SSSR count). The summed E-state index contributed by atoms with van der Waals surface area (Å²) in [6.07, 6.45) is 4.97. The van der Waals surface area contributed by atoms with E-state index in [1.807, 2.05) is 6.07 Å². The molecule has 4 aromatic rings. The summed E-state index contributed by atoms with van der Waals surface area (Å²) in [5, 5.41) is 9.77. The zero-order chi connectivity index (χ0) is 30.2. The van der Waals surface area contributed by atoms with Crippen molar-refractivity contribution in [2.75, 3.05) is 12.3 Å². The fraction of sp³-hybridized carbons (Fsp3) is 0.161. The molecule has 2 amide bonds. The number of nitrogens with one attached hydrogen (secondary N) is 2. The van der Waals surface area contributed by atoms with Crippen LogP contribution in [0.2, 0.25) is 0 Å². The fourth-order valence-corrected chi connectivity index (χ4v) is 4.34. The van der Waals surface area contributed by atoms with Crippen LogP contribution < -0.4 is 21.9 Å². The summed E-state index contributed by atoms with van der Waals surface area (Å²) in [5.41, 5.74) is 7.21. The molecule has 0 fully saturated rings. The number of fused-ring (bicyclic) bond motifs is 1. The van der Waals surface area contributed by atoms with Crippen molar-refractivity contribution in [3.05, 3.63) is 101 Å². The minimum Gasteiger partial charge on any atom is -0.382 e. The molecule has 2 heterocycles. The largest absolute Gasteiger partial charge is 0.382 e. The highest BCUT2D eigenvalue weighted by Crippen LogP contribution is 2.22. The van der Waals surface area contributed by atoms with Gasteiger partial charge in [0.15, 0.2) is 17.3 Å². The Labute approximate surface area is 242 Å². The molecule has 0 aliphatic carbocycles. The molecule has 11 heteroatoms. The average molecular weight is 563 g/mol. The summed E-state index contributed by atoms with van der Waals surface area (Å²) >= 11 is 0. The number of aromatic nitrogens is 4. The lowest BCUT2D eigenvalue weighted by molar-refractivity contribution is -0.116. The first-order chi connectivity index (χ1) is 20.3. The van der Waals surface area contributed by atoms with E-state index in [4.69, 9.17) is 10.7 Å². The van der Waals surface area contributed by atoms with E-state index in [1.165, 1.54) is 15.3 Å². The minimum atomic E-state index is -0.740. The van der Waals surface area contributed by atoms with Crippen LogP contribution in [-0.2, 0) is 4.79 Å². The molecule has 2 aromatic carbocycles. The number of carbonyl (C=O) groups excluding carboxylic acids is 2. The first-order valence-corrected chi connectivity index (χ1v) is 13.1. The van der Waals surface area contributed by atoms with Gasteiger partial charge in [-0.3, -0.25) is 19.0 Å². The summed E-state index contributed by atoms with van der Waals surface area (Å²) in [6.45, 7) is 10.8. The van der Waals surface area contributed by atoms with Crippen LogP contribution in [0.15, 0.2) is 77.2 Å². The summed E-state index contributed by atoms with van der Waals surface area (Å²) < 4.78 is 2.71. The SMILES string of the molecule is C=CC(=O)NCCC#Cc1cccc2nc(C(C)NC(=O)c3c(N)nc(/C=C\C)n3N=C)n(-c3ccccc3)c(=O)c12. The van der Waals surface area contributed by atoms with Gasteiger partial charge in [0, 0.05) is 25.2 Å². The van der Waals surface area contributed by atoms with Gasteiger partial charge in [-0.25, -0.2) is 14.6 Å². The van der Waals surface area contributed by atoms with E-state index in [0.717, 1.165) is 0 Å². The maximum atomic E-state index is 14.1. The van der Waals surface area contributed by atoms with Gasteiger partial charge in [-0.1, -0.05) is 48.8 Å². The minimum absolute atomic E-state index is 0.0144. The van der Waals surface area contributed by atoms with Gasteiger partial charge in [0.05, 0.1) is 22.6 Å². The number of imidazole rings is 1. The normalized spacial score (nSPS) is 11.5. The number of rotatable bonds is 9. The number of benzene rings is 2. The summed E-state index contributed by atoms with van der Waals surface area (Å²) in [5.74, 6) is 5.83. The average Bonchev–Trinajstić information content (AvgIpc) is 3.31. The number of amides is 2. The second kappa shape index (κ2) is 13.1. The fourth-order valence-electron chi connectivity index (χ4n) is 4.34. The molecule has 4 N–H and O–H groups in total. The van der Waals surface area contributed by atoms with Crippen LogP contribution in [0.3, 0.4) is 0 Å². The van der Waals surface area contributed by atoms with Gasteiger partial charge in [0.25, 0.3) is 11.5 Å². The molecule has 0 radical (unpaired) electrons. The van der Waals surface area contributed by atoms with Gasteiger partial charge >= 0.3 is 0 Å². The lowest BCUT2D eigenvalue weighted by Crippen LogP contribution is -2.34. The highest BCUT2D eigenvalue weighted by molar-refractivity contribution is 5.97. The van der Waals surface area contributed by atoms with Crippen molar-refractivity contribution < 1.29 is 9.59 Å². The van der Waals surface area contributed by atoms with Crippen LogP contribution in [0.5, 0.6) is 0 Å². The number of nitrogens with two attached hydrogens (primary N) is 1. The lowest BCUT2D eigenvalue weighted by Gasteiger charge is -2.20. The molecule has 11 nitrogen and oxygen atoms in total. The van der Waals surface area contributed by atoms with Crippen LogP contribution in [0.1, 0.15) is 54.0 Å². The van der Waals surface area contributed by atoms with Crippen LogP contribution in [0, 0.1) is 11.8 Å². The number of anilines is 1. The van der Waals surface area contributed by atoms with Crippen molar-refractivity contribution in [3.63, 3.8) is 0 Å². The van der Waals surface area contributed by atoms with E-state index in [0.29, 0.717) is 46.8 Å². The Balaban J connectivity index is 1.78. The van der Waals surface area contributed by atoms with Crippen molar-refractivity contribution in [3.8, 4) is 17.5 Å². The van der Waals surface area contributed by atoms with Crippen molar-refractivity contribution in [1.29, 1.82) is 0 Å². The Bertz CT molecular complexity index is 1820. The maximum absolute atomic E-state index is 14.1. The second-order valence-electron chi connectivity index (χ2n) is 9.04. The lowest BCUT2D eigenvalue weighted by atomic mass is 10.1. The Morgan fingerprint density at radius 3 is 2.62 bits per heavy atom. The number of allylic oxidation sites excluding steroid dienone is 1. The molecule has 0 aliphatic heterocycles. The van der Waals surface area contributed by atoms with E-state index >= 15 is 0 Å². The molecule has 42 heavy (non-hydrogen) atoms. The first-order valence-electron chi connectivity index (χ1n) is 13.1. The zero-order valence-corrected chi connectivity index (χ0v) is 23.3. The van der Waals surface area contributed by atoms with E-state index in [9.17, 15) is 14.4 Å². The highest BCUT2D eigenvalue weighted by atomic mass is 16.2. The third kappa shape index (κ3) is 6.03. The smallest absolute Gasteiger partial charge is 0.274 e. The van der Waals surface area contributed by atoms with Crippen molar-refractivity contribution in [1.82, 2.24) is 29.8 Å². The second-order valence-corrected chi connectivity index (χ2v) is 9.04. The molecule has 0 saturated heterocycles. The molecular weight excluding hydrogens is 532 g/mol. The summed E-state index contributed by atoms with van der Waals surface area (Å²) in [7, 11) is 0. The van der Waals surface area contributed by atoms with Gasteiger partial charge < -0.3 is 16.4 Å². The van der Waals surface area contributed by atoms with Crippen molar-refractivity contribution >= 4 is 41.3 Å². The standard InChI is InChI=1S/C31H30N8O3/c1-5-13-24-37-28(32)27(39(24)33-4)30(41)35-20(3)29-36-23-18-12-15-21(14-10-11-19-34-25(40)6-2)26(23)31(42)38(29)22-16-8-7-9-17-22/h5-9,12-13,15-18,20H,2,4,11,19,32H2,1,3H3,(H,34,40)(H,35,41)/b13-5-. The molecule has 1 unspecified atom stereocenters. The van der Waals surface area contributed by atoms with E-state index in [-0.39, 0.29) is 23.0 Å². The maximum Gasteiger partial charge on any atom is 0.274 e. The van der Waals surface area contributed by atoms with Gasteiger partial charge in [0.1, 0.15) is 5.82 Å². The van der Waals surface area contributed by atoms with E-state index in [1.54, 1.807) is 68.5 Å². The van der Waals surface area contributed by atoms with Gasteiger partial charge in [0.2, 0.25) is 5.91 Å². The molecule has 1 atom stereocenters. The quantitative estimate of drug-likeness (QED) is 0.123. The third-order valence-corrected chi connectivity index (χ3v) is 6.21. The molecule has 0 aliphatic rings. The molecule has 212 valence electrons. The predicted octanol–water partition coefficient (Wildman–Crippen LogP) is 3.20. The summed E-state index contributed by atoms with van der Waals surface area (Å²) in [6, 6.07) is 13.5. The molecule has 0 bridgehead atoms. The molecule has 0 saturated carbocycles. The molecular formula is C31H30N8O3. The number of hydrogen-bond donors (Lipinski definition) is 3. The predicted molar refractivity (Wildman–Crippen MR) is 164 cm³/mol. The third-order valence-electron chi connectivity index (χ3n) is 6.21. The van der Waals surface area contributed by atoms with Crippen LogP contribution in [-0.4, -0.2) is 44.3 Å². The van der Waals surface area contributed by atoms with E-state index in [2.05, 4.69) is 45.9 Å². The van der Waals surface area contributed by atoms with Crippen LogP contribution in [0.4, 0.5) is 5.82 Å². The topological polar surface area (TPSA) is 149 Å². The highest BCUT2D eigenvalue weighted by Gasteiger charge is 2.25. The summed E-state index contributed by atoms with van der Waals surface area (Å²) in [4.78, 5) is 47.9. The number of nitrogens with zero attached hydrogens (tertiary/aromatic N) is 5. The number of carbonyl (C=O) groups is 2. The van der Waals surface area contributed by atoms with Gasteiger partial charge in [-0.15, -0.1) is 0 Å². The number of para-hydroxylation sites is 1. The Kier molecular flexibility index (Phi) is 9.09. The van der Waals surface area contributed by atoms with Crippen LogP contribution >= 0.6 is 0 Å². The van der Waals surface area contributed by atoms with E-state index < -0.39 is 11.9 Å². The first kappa shape index (κ1) is 29.2.